The molecule has 0 unspecified atom stereocenters. The van der Waals surface area contributed by atoms with Crippen molar-refractivity contribution in [2.75, 3.05) is 0 Å². The first-order chi connectivity index (χ1) is 18.2. The highest BCUT2D eigenvalue weighted by atomic mass is 32.3. The van der Waals surface area contributed by atoms with E-state index in [1.54, 1.807) is 30.3 Å². The number of aliphatic hydroxyl groups is 1. The van der Waals surface area contributed by atoms with E-state index in [2.05, 4.69) is 15.3 Å². The smallest absolute Gasteiger partial charge is 0.390 e. The molecule has 1 heterocycles. The summed E-state index contributed by atoms with van der Waals surface area (Å²) in [6, 6.07) is 11.1. The van der Waals surface area contributed by atoms with E-state index < -0.39 is 51.7 Å². The zero-order chi connectivity index (χ0) is 28.8. The van der Waals surface area contributed by atoms with Gasteiger partial charge in [0.2, 0.25) is 5.91 Å². The van der Waals surface area contributed by atoms with Gasteiger partial charge >= 0.3 is 10.4 Å². The molecule has 0 aliphatic carbocycles. The topological polar surface area (TPSA) is 182 Å². The van der Waals surface area contributed by atoms with Crippen LogP contribution in [0.3, 0.4) is 0 Å². The van der Waals surface area contributed by atoms with E-state index in [1.807, 2.05) is 0 Å². The Labute approximate surface area is 225 Å². The van der Waals surface area contributed by atoms with E-state index in [0.29, 0.717) is 16.6 Å². The lowest BCUT2D eigenvalue weighted by atomic mass is 9.87. The number of hydrogen-bond donors (Lipinski definition) is 4. The van der Waals surface area contributed by atoms with Gasteiger partial charge in [0, 0.05) is 5.92 Å². The van der Waals surface area contributed by atoms with E-state index in [9.17, 15) is 32.1 Å². The van der Waals surface area contributed by atoms with E-state index >= 15 is 0 Å². The number of primary amides is 1. The second kappa shape index (κ2) is 12.6. The van der Waals surface area contributed by atoms with E-state index in [1.165, 1.54) is 38.2 Å². The molecule has 3 rings (SSSR count). The number of aromatic nitrogens is 2. The summed E-state index contributed by atoms with van der Waals surface area (Å²) in [6.07, 6.45) is -0.519. The summed E-state index contributed by atoms with van der Waals surface area (Å²) < 4.78 is 52.0. The molecule has 1 aromatic heterocycles. The molecule has 210 valence electrons. The van der Waals surface area contributed by atoms with Crippen LogP contribution in [0.1, 0.15) is 49.2 Å². The average Bonchev–Trinajstić information content (AvgIpc) is 2.83. The summed E-state index contributed by atoms with van der Waals surface area (Å²) in [5.74, 6) is -3.09. The Balaban J connectivity index is 1.97. The minimum atomic E-state index is -5.07. The van der Waals surface area contributed by atoms with Crippen molar-refractivity contribution in [2.45, 2.75) is 57.3 Å². The number of carbonyl (C=O) groups excluding carboxylic acids is 2. The molecule has 0 aliphatic rings. The third-order valence-corrected chi connectivity index (χ3v) is 6.55. The van der Waals surface area contributed by atoms with Crippen molar-refractivity contribution >= 4 is 33.2 Å². The quantitative estimate of drug-likeness (QED) is 0.227. The largest absolute Gasteiger partial charge is 0.397 e. The Kier molecular flexibility index (Phi) is 9.67. The lowest BCUT2D eigenvalue weighted by Gasteiger charge is -2.30. The van der Waals surface area contributed by atoms with Gasteiger partial charge in [-0.2, -0.15) is 8.42 Å². The van der Waals surface area contributed by atoms with Gasteiger partial charge < -0.3 is 16.2 Å². The summed E-state index contributed by atoms with van der Waals surface area (Å²) >= 11 is 0. The fourth-order valence-corrected chi connectivity index (χ4v) is 4.64. The van der Waals surface area contributed by atoms with Gasteiger partial charge in [-0.1, -0.05) is 24.3 Å². The Hall–Kier alpha value is -3.52. The summed E-state index contributed by atoms with van der Waals surface area (Å²) in [5.41, 5.74) is 5.69. The second-order valence-electron chi connectivity index (χ2n) is 9.91. The second-order valence-corrected chi connectivity index (χ2v) is 11.0. The molecule has 39 heavy (non-hydrogen) atoms. The molecule has 2 amide bonds. The van der Waals surface area contributed by atoms with Gasteiger partial charge in [0.1, 0.15) is 17.6 Å². The maximum atomic E-state index is 13.9. The molecule has 3 atom stereocenters. The Morgan fingerprint density at radius 2 is 1.85 bits per heavy atom. The fourth-order valence-electron chi connectivity index (χ4n) is 4.11. The van der Waals surface area contributed by atoms with Gasteiger partial charge in [0.05, 0.1) is 28.9 Å². The predicted octanol–water partition coefficient (Wildman–Crippen LogP) is 2.34. The van der Waals surface area contributed by atoms with Crippen molar-refractivity contribution in [1.29, 1.82) is 0 Å². The van der Waals surface area contributed by atoms with Crippen LogP contribution in [0.2, 0.25) is 0 Å². The zero-order valence-corrected chi connectivity index (χ0v) is 22.3. The number of rotatable bonds is 13. The first kappa shape index (κ1) is 30.0. The van der Waals surface area contributed by atoms with Crippen LogP contribution in [0.4, 0.5) is 4.39 Å². The number of carbonyl (C=O) groups is 2. The maximum Gasteiger partial charge on any atom is 0.397 e. The number of fused-ring (bicyclic) bond motifs is 1. The lowest BCUT2D eigenvalue weighted by Crippen LogP contribution is -2.48. The van der Waals surface area contributed by atoms with Gasteiger partial charge in [-0.05, 0) is 69.4 Å². The van der Waals surface area contributed by atoms with Crippen LogP contribution in [-0.2, 0) is 25.8 Å². The summed E-state index contributed by atoms with van der Waals surface area (Å²) in [7, 11) is -5.07. The van der Waals surface area contributed by atoms with Gasteiger partial charge in [-0.3, -0.25) is 19.1 Å². The molecule has 0 fully saturated rings. The molecule has 0 saturated heterocycles. The highest BCUT2D eigenvalue weighted by Crippen LogP contribution is 2.24. The normalized spacial score (nSPS) is 14.5. The molecule has 3 aromatic rings. The monoisotopic (exact) mass is 562 g/mol. The highest BCUT2D eigenvalue weighted by molar-refractivity contribution is 7.80. The van der Waals surface area contributed by atoms with Crippen molar-refractivity contribution in [3.8, 4) is 0 Å². The zero-order valence-electron chi connectivity index (χ0n) is 21.5. The van der Waals surface area contributed by atoms with Crippen molar-refractivity contribution in [1.82, 2.24) is 15.3 Å². The standard InChI is InChI=1S/C26H31FN4O7S/c1-26(2,34)11-10-17(24(28)32)14-23(38-39(35,36)37)21(13-16-6-5-7-18(27)12-16)31-25(33)22-15-29-19-8-3-4-9-20(19)30-22/h3-9,12,15,17,21,23,34H,10-11,13-14H2,1-2H3,(H2,28,32)(H,31,33)(H,35,36,37)/t17-,21+,23+/m1/s1. The molecule has 13 heteroatoms. The molecule has 11 nitrogen and oxygen atoms in total. The minimum Gasteiger partial charge on any atom is -0.390 e. The molecule has 2 aromatic carbocycles. The van der Waals surface area contributed by atoms with Crippen LogP contribution >= 0.6 is 0 Å². The first-order valence-electron chi connectivity index (χ1n) is 12.1. The van der Waals surface area contributed by atoms with Gasteiger partial charge in [0.15, 0.2) is 0 Å². The Morgan fingerprint density at radius 1 is 1.15 bits per heavy atom. The van der Waals surface area contributed by atoms with Crippen LogP contribution in [0.5, 0.6) is 0 Å². The van der Waals surface area contributed by atoms with Gasteiger partial charge in [0.25, 0.3) is 5.91 Å². The van der Waals surface area contributed by atoms with E-state index in [0.717, 1.165) is 0 Å². The van der Waals surface area contributed by atoms with Crippen LogP contribution in [0, 0.1) is 11.7 Å². The van der Waals surface area contributed by atoms with Crippen LogP contribution < -0.4 is 11.1 Å². The van der Waals surface area contributed by atoms with Crippen molar-refractivity contribution in [3.05, 3.63) is 71.8 Å². The lowest BCUT2D eigenvalue weighted by molar-refractivity contribution is -0.123. The number of nitrogens with one attached hydrogen (secondary N) is 1. The molecule has 0 saturated carbocycles. The number of benzene rings is 2. The van der Waals surface area contributed by atoms with Crippen molar-refractivity contribution in [2.24, 2.45) is 11.7 Å². The molecular weight excluding hydrogens is 531 g/mol. The van der Waals surface area contributed by atoms with Gasteiger partial charge in [-0.25, -0.2) is 13.6 Å². The third kappa shape index (κ3) is 9.62. The number of amides is 2. The van der Waals surface area contributed by atoms with Crippen LogP contribution in [0.25, 0.3) is 11.0 Å². The Morgan fingerprint density at radius 3 is 2.46 bits per heavy atom. The predicted molar refractivity (Wildman–Crippen MR) is 140 cm³/mol. The highest BCUT2D eigenvalue weighted by Gasteiger charge is 2.34. The molecule has 0 aliphatic heterocycles. The number of hydrogen-bond acceptors (Lipinski definition) is 8. The van der Waals surface area contributed by atoms with E-state index in [-0.39, 0.29) is 31.4 Å². The van der Waals surface area contributed by atoms with Crippen LogP contribution in [-0.4, -0.2) is 57.6 Å². The summed E-state index contributed by atoms with van der Waals surface area (Å²) in [4.78, 5) is 33.9. The number of nitrogens with zero attached hydrogens (tertiary/aromatic N) is 2. The first-order valence-corrected chi connectivity index (χ1v) is 13.5. The number of nitrogens with two attached hydrogens (primary N) is 1. The molecule has 0 spiro atoms. The average molecular weight is 563 g/mol. The number of halogens is 1. The molecule has 5 N–H and O–H groups in total. The van der Waals surface area contributed by atoms with Crippen molar-refractivity contribution in [3.63, 3.8) is 0 Å². The summed E-state index contributed by atoms with van der Waals surface area (Å²) in [6.45, 7) is 3.07. The minimum absolute atomic E-state index is 0.0704. The van der Waals surface area contributed by atoms with Crippen molar-refractivity contribution < 1.29 is 36.2 Å². The fraction of sp³-hybridized carbons (Fsp3) is 0.385. The molecule has 0 bridgehead atoms. The number of para-hydroxylation sites is 2. The third-order valence-electron chi connectivity index (χ3n) is 6.06. The van der Waals surface area contributed by atoms with Gasteiger partial charge in [-0.15, -0.1) is 0 Å². The Bertz CT molecular complexity index is 1430. The molecule has 0 radical (unpaired) electrons. The summed E-state index contributed by atoms with van der Waals surface area (Å²) in [5, 5.41) is 12.7. The SMILES string of the molecule is CC(C)(O)CC[C@H](C[C@H](OS(=O)(=O)O)[C@H](Cc1cccc(F)c1)NC(=O)c1cnc2ccccc2n1)C(N)=O. The molecular formula is C26H31FN4O7S. The van der Waals surface area contributed by atoms with E-state index in [4.69, 9.17) is 9.92 Å². The van der Waals surface area contributed by atoms with Crippen LogP contribution in [0.15, 0.2) is 54.7 Å². The maximum absolute atomic E-state index is 13.9.